The van der Waals surface area contributed by atoms with Crippen LogP contribution in [0.5, 0.6) is 0 Å². The van der Waals surface area contributed by atoms with Crippen molar-refractivity contribution in [2.24, 2.45) is 7.05 Å². The highest BCUT2D eigenvalue weighted by atomic mass is 32.1. The van der Waals surface area contributed by atoms with E-state index in [1.165, 1.54) is 33.5 Å². The number of aromatic nitrogens is 1. The third kappa shape index (κ3) is 2.59. The lowest BCUT2D eigenvalue weighted by Crippen LogP contribution is -2.25. The lowest BCUT2D eigenvalue weighted by molar-refractivity contribution is 0.0958. The van der Waals surface area contributed by atoms with Gasteiger partial charge in [0.25, 0.3) is 5.91 Å². The van der Waals surface area contributed by atoms with Crippen LogP contribution in [0.2, 0.25) is 0 Å². The van der Waals surface area contributed by atoms with Crippen molar-refractivity contribution in [3.63, 3.8) is 0 Å². The number of carbonyl (C=O) groups excluding carboxylic acids is 1. The van der Waals surface area contributed by atoms with Gasteiger partial charge in [-0.2, -0.15) is 0 Å². The third-order valence-corrected chi connectivity index (χ3v) is 4.80. The molecule has 0 aliphatic carbocycles. The van der Waals surface area contributed by atoms with Crippen LogP contribution in [-0.4, -0.2) is 17.0 Å². The fraction of sp³-hybridized carbons (Fsp3) is 0.235. The van der Waals surface area contributed by atoms with Crippen LogP contribution in [0.25, 0.3) is 10.9 Å². The number of fused-ring (bicyclic) bond motifs is 1. The molecule has 2 aromatic heterocycles. The normalized spacial score (nSPS) is 11.0. The summed E-state index contributed by atoms with van der Waals surface area (Å²) in [6.45, 7) is 2.79. The molecule has 0 aliphatic heterocycles. The molecule has 0 atom stereocenters. The Morgan fingerprint density at radius 2 is 2.05 bits per heavy atom. The van der Waals surface area contributed by atoms with E-state index in [0.717, 1.165) is 11.3 Å². The summed E-state index contributed by atoms with van der Waals surface area (Å²) in [5, 5.41) is 6.20. The molecule has 2 heterocycles. The minimum atomic E-state index is 0.0166. The average Bonchev–Trinajstić information content (AvgIpc) is 3.11. The Hall–Kier alpha value is -2.07. The molecular formula is C17H18N2OS. The first-order chi connectivity index (χ1) is 10.2. The second kappa shape index (κ2) is 5.74. The summed E-state index contributed by atoms with van der Waals surface area (Å²) in [6, 6.07) is 12.2. The quantitative estimate of drug-likeness (QED) is 0.785. The number of nitrogens with zero attached hydrogens (tertiary/aromatic N) is 1. The lowest BCUT2D eigenvalue weighted by Gasteiger charge is -2.05. The van der Waals surface area contributed by atoms with Gasteiger partial charge in [0.1, 0.15) is 0 Å². The van der Waals surface area contributed by atoms with Crippen LogP contribution in [0.15, 0.2) is 41.8 Å². The van der Waals surface area contributed by atoms with Crippen molar-refractivity contribution in [1.29, 1.82) is 0 Å². The van der Waals surface area contributed by atoms with Crippen LogP contribution < -0.4 is 5.32 Å². The van der Waals surface area contributed by atoms with Crippen LogP contribution in [0, 0.1) is 6.92 Å². The standard InChI is InChI=1S/C17H18N2OS/c1-12-13(14-6-3-4-7-15(14)19(12)2)9-10-18-17(20)16-8-5-11-21-16/h3-8,11H,9-10H2,1-2H3,(H,18,20). The highest BCUT2D eigenvalue weighted by molar-refractivity contribution is 7.12. The zero-order chi connectivity index (χ0) is 14.8. The van der Waals surface area contributed by atoms with Crippen molar-refractivity contribution in [1.82, 2.24) is 9.88 Å². The second-order valence-corrected chi connectivity index (χ2v) is 6.07. The van der Waals surface area contributed by atoms with Crippen molar-refractivity contribution in [2.75, 3.05) is 6.54 Å². The molecule has 0 fully saturated rings. The van der Waals surface area contributed by atoms with Crippen molar-refractivity contribution >= 4 is 28.1 Å². The molecule has 0 bridgehead atoms. The fourth-order valence-electron chi connectivity index (χ4n) is 2.71. The number of carbonyl (C=O) groups is 1. The Morgan fingerprint density at radius 3 is 2.81 bits per heavy atom. The van der Waals surface area contributed by atoms with Crippen molar-refractivity contribution < 1.29 is 4.79 Å². The monoisotopic (exact) mass is 298 g/mol. The highest BCUT2D eigenvalue weighted by Crippen LogP contribution is 2.24. The largest absolute Gasteiger partial charge is 0.351 e. The molecule has 0 unspecified atom stereocenters. The van der Waals surface area contributed by atoms with Crippen LogP contribution in [-0.2, 0) is 13.5 Å². The van der Waals surface area contributed by atoms with Crippen LogP contribution in [0.3, 0.4) is 0 Å². The number of aryl methyl sites for hydroxylation is 1. The van der Waals surface area contributed by atoms with Gasteiger partial charge in [0, 0.05) is 30.2 Å². The number of hydrogen-bond donors (Lipinski definition) is 1. The summed E-state index contributed by atoms with van der Waals surface area (Å²) in [6.07, 6.45) is 0.851. The molecule has 0 aliphatic rings. The number of thiophene rings is 1. The van der Waals surface area contributed by atoms with E-state index in [0.29, 0.717) is 6.54 Å². The summed E-state index contributed by atoms with van der Waals surface area (Å²) >= 11 is 1.47. The van der Waals surface area contributed by atoms with E-state index in [9.17, 15) is 4.79 Å². The first-order valence-electron chi connectivity index (χ1n) is 7.03. The topological polar surface area (TPSA) is 34.0 Å². The molecular weight excluding hydrogens is 280 g/mol. The van der Waals surface area contributed by atoms with Gasteiger partial charge in [-0.25, -0.2) is 0 Å². The Kier molecular flexibility index (Phi) is 3.80. The predicted octanol–water partition coefficient (Wildman–Crippen LogP) is 3.52. The molecule has 108 valence electrons. The predicted molar refractivity (Wildman–Crippen MR) is 88.0 cm³/mol. The SMILES string of the molecule is Cc1c(CCNC(=O)c2cccs2)c2ccccc2n1C. The average molecular weight is 298 g/mol. The van der Waals surface area contributed by atoms with E-state index in [1.54, 1.807) is 0 Å². The summed E-state index contributed by atoms with van der Waals surface area (Å²) in [5.41, 5.74) is 3.83. The van der Waals surface area contributed by atoms with Gasteiger partial charge in [-0.1, -0.05) is 24.3 Å². The summed E-state index contributed by atoms with van der Waals surface area (Å²) in [4.78, 5) is 12.7. The zero-order valence-electron chi connectivity index (χ0n) is 12.2. The van der Waals surface area contributed by atoms with Gasteiger partial charge in [-0.15, -0.1) is 11.3 Å². The summed E-state index contributed by atoms with van der Waals surface area (Å²) in [5.74, 6) is 0.0166. The van der Waals surface area contributed by atoms with Gasteiger partial charge in [-0.05, 0) is 36.4 Å². The van der Waals surface area contributed by atoms with Crippen molar-refractivity contribution in [3.05, 3.63) is 57.9 Å². The number of hydrogen-bond acceptors (Lipinski definition) is 2. The van der Waals surface area contributed by atoms with Gasteiger partial charge >= 0.3 is 0 Å². The Morgan fingerprint density at radius 1 is 1.24 bits per heavy atom. The van der Waals surface area contributed by atoms with Gasteiger partial charge in [0.2, 0.25) is 0 Å². The lowest BCUT2D eigenvalue weighted by atomic mass is 10.1. The van der Waals surface area contributed by atoms with Crippen molar-refractivity contribution in [2.45, 2.75) is 13.3 Å². The number of benzene rings is 1. The first kappa shape index (κ1) is 13.9. The van der Waals surface area contributed by atoms with Crippen molar-refractivity contribution in [3.8, 4) is 0 Å². The number of para-hydroxylation sites is 1. The van der Waals surface area contributed by atoms with Crippen LogP contribution >= 0.6 is 11.3 Å². The van der Waals surface area contributed by atoms with Gasteiger partial charge in [0.05, 0.1) is 4.88 Å². The molecule has 21 heavy (non-hydrogen) atoms. The fourth-order valence-corrected chi connectivity index (χ4v) is 3.35. The van der Waals surface area contributed by atoms with E-state index in [-0.39, 0.29) is 5.91 Å². The van der Waals surface area contributed by atoms with E-state index in [2.05, 4.69) is 48.1 Å². The number of nitrogens with one attached hydrogen (secondary N) is 1. The molecule has 1 aromatic carbocycles. The minimum Gasteiger partial charge on any atom is -0.351 e. The molecule has 0 spiro atoms. The van der Waals surface area contributed by atoms with E-state index in [1.807, 2.05) is 17.5 Å². The molecule has 3 aromatic rings. The Labute approximate surface area is 128 Å². The molecule has 3 rings (SSSR count). The molecule has 0 saturated carbocycles. The van der Waals surface area contributed by atoms with E-state index >= 15 is 0 Å². The number of amides is 1. The van der Waals surface area contributed by atoms with E-state index < -0.39 is 0 Å². The van der Waals surface area contributed by atoms with Crippen LogP contribution in [0.4, 0.5) is 0 Å². The molecule has 0 radical (unpaired) electrons. The Balaban J connectivity index is 1.74. The molecule has 4 heteroatoms. The number of rotatable bonds is 4. The minimum absolute atomic E-state index is 0.0166. The van der Waals surface area contributed by atoms with Gasteiger partial charge in [0.15, 0.2) is 0 Å². The summed E-state index contributed by atoms with van der Waals surface area (Å²) < 4.78 is 2.21. The molecule has 0 saturated heterocycles. The first-order valence-corrected chi connectivity index (χ1v) is 7.91. The van der Waals surface area contributed by atoms with Gasteiger partial charge in [-0.3, -0.25) is 4.79 Å². The third-order valence-electron chi connectivity index (χ3n) is 3.94. The van der Waals surface area contributed by atoms with E-state index in [4.69, 9.17) is 0 Å². The molecule has 1 N–H and O–H groups in total. The maximum absolute atomic E-state index is 11.9. The summed E-state index contributed by atoms with van der Waals surface area (Å²) in [7, 11) is 2.09. The Bertz CT molecular complexity index is 772. The maximum Gasteiger partial charge on any atom is 0.261 e. The maximum atomic E-state index is 11.9. The zero-order valence-corrected chi connectivity index (χ0v) is 13.0. The van der Waals surface area contributed by atoms with Crippen LogP contribution in [0.1, 0.15) is 20.9 Å². The smallest absolute Gasteiger partial charge is 0.261 e. The highest BCUT2D eigenvalue weighted by Gasteiger charge is 2.12. The molecule has 1 amide bonds. The second-order valence-electron chi connectivity index (χ2n) is 5.12. The molecule has 3 nitrogen and oxygen atoms in total. The van der Waals surface area contributed by atoms with Gasteiger partial charge < -0.3 is 9.88 Å².